The average molecular weight is 346 g/mol. The molecular formula is C17H13ClFN3O2. The zero-order valence-corrected chi connectivity index (χ0v) is 13.5. The van der Waals surface area contributed by atoms with E-state index in [9.17, 15) is 9.18 Å². The van der Waals surface area contributed by atoms with Gasteiger partial charge < -0.3 is 10.1 Å². The van der Waals surface area contributed by atoms with Gasteiger partial charge in [-0.2, -0.15) is 4.98 Å². The highest BCUT2D eigenvalue weighted by Crippen LogP contribution is 2.22. The van der Waals surface area contributed by atoms with Gasteiger partial charge in [-0.25, -0.2) is 9.37 Å². The Labute approximate surface area is 142 Å². The molecular weight excluding hydrogens is 333 g/mol. The number of para-hydroxylation sites is 1. The highest BCUT2D eigenvalue weighted by molar-refractivity contribution is 6.31. The van der Waals surface area contributed by atoms with Gasteiger partial charge in [-0.05, 0) is 37.3 Å². The first-order valence-electron chi connectivity index (χ1n) is 7.14. The Kier molecular flexibility index (Phi) is 4.57. The maximum atomic E-state index is 13.1. The smallest absolute Gasteiger partial charge is 0.262 e. The number of aryl methyl sites for hydroxylation is 1. The second-order valence-electron chi connectivity index (χ2n) is 5.06. The predicted octanol–water partition coefficient (Wildman–Crippen LogP) is 3.75. The molecule has 1 heterocycles. The van der Waals surface area contributed by atoms with E-state index in [0.29, 0.717) is 17.4 Å². The zero-order valence-electron chi connectivity index (χ0n) is 12.7. The average Bonchev–Trinajstić information content (AvgIpc) is 2.56. The molecule has 0 aliphatic rings. The summed E-state index contributed by atoms with van der Waals surface area (Å²) >= 11 is 5.68. The van der Waals surface area contributed by atoms with Crippen LogP contribution in [0.15, 0.2) is 42.5 Å². The highest BCUT2D eigenvalue weighted by atomic mass is 35.5. The van der Waals surface area contributed by atoms with E-state index >= 15 is 0 Å². The summed E-state index contributed by atoms with van der Waals surface area (Å²) in [5, 5.41) is 3.24. The summed E-state index contributed by atoms with van der Waals surface area (Å²) in [6.45, 7) is 1.51. The van der Waals surface area contributed by atoms with Gasteiger partial charge >= 0.3 is 0 Å². The fourth-order valence-electron chi connectivity index (χ4n) is 2.17. The van der Waals surface area contributed by atoms with Crippen LogP contribution in [0.2, 0.25) is 5.02 Å². The number of nitrogens with zero attached hydrogens (tertiary/aromatic N) is 2. The van der Waals surface area contributed by atoms with E-state index in [1.807, 2.05) is 24.3 Å². The molecule has 0 fully saturated rings. The number of carbonyl (C=O) groups is 1. The van der Waals surface area contributed by atoms with E-state index in [2.05, 4.69) is 15.3 Å². The van der Waals surface area contributed by atoms with Crippen LogP contribution in [-0.4, -0.2) is 22.5 Å². The van der Waals surface area contributed by atoms with Crippen molar-refractivity contribution in [3.05, 3.63) is 59.1 Å². The summed E-state index contributed by atoms with van der Waals surface area (Å²) in [5.74, 6) is -0.0633. The number of hydrogen-bond acceptors (Lipinski definition) is 4. The van der Waals surface area contributed by atoms with Gasteiger partial charge in [-0.3, -0.25) is 4.79 Å². The van der Waals surface area contributed by atoms with Gasteiger partial charge in [0.1, 0.15) is 11.6 Å². The molecule has 0 aliphatic carbocycles. The van der Waals surface area contributed by atoms with Crippen LogP contribution in [0.3, 0.4) is 0 Å². The fraction of sp³-hybridized carbons (Fsp3) is 0.118. The minimum atomic E-state index is -0.547. The van der Waals surface area contributed by atoms with Crippen LogP contribution in [0.5, 0.6) is 5.88 Å². The van der Waals surface area contributed by atoms with Crippen molar-refractivity contribution in [2.24, 2.45) is 0 Å². The second kappa shape index (κ2) is 6.80. The molecule has 3 rings (SSSR count). The number of nitrogens with one attached hydrogen (secondary N) is 1. The van der Waals surface area contributed by atoms with E-state index in [-0.39, 0.29) is 11.6 Å². The third-order valence-corrected chi connectivity index (χ3v) is 3.51. The maximum absolute atomic E-state index is 13.1. The molecule has 1 N–H and O–H groups in total. The van der Waals surface area contributed by atoms with Gasteiger partial charge in [0.15, 0.2) is 6.61 Å². The molecule has 24 heavy (non-hydrogen) atoms. The molecule has 1 aromatic heterocycles. The molecule has 7 heteroatoms. The molecule has 3 aromatic rings. The Hall–Kier alpha value is -2.73. The van der Waals surface area contributed by atoms with E-state index in [1.165, 1.54) is 18.2 Å². The minimum Gasteiger partial charge on any atom is -0.467 e. The van der Waals surface area contributed by atoms with Gasteiger partial charge in [-0.15, -0.1) is 0 Å². The molecule has 0 saturated heterocycles. The third-order valence-electron chi connectivity index (χ3n) is 3.22. The van der Waals surface area contributed by atoms with Gasteiger partial charge in [0.25, 0.3) is 5.91 Å². The Morgan fingerprint density at radius 2 is 2.04 bits per heavy atom. The summed E-state index contributed by atoms with van der Waals surface area (Å²) in [6.07, 6.45) is 0. The normalized spacial score (nSPS) is 10.6. The van der Waals surface area contributed by atoms with Gasteiger partial charge in [0, 0.05) is 5.69 Å². The second-order valence-corrected chi connectivity index (χ2v) is 5.47. The molecule has 0 atom stereocenters. The lowest BCUT2D eigenvalue weighted by Gasteiger charge is -2.10. The van der Waals surface area contributed by atoms with Crippen molar-refractivity contribution >= 4 is 34.1 Å². The summed E-state index contributed by atoms with van der Waals surface area (Å²) in [7, 11) is 0. The number of rotatable bonds is 4. The first-order valence-corrected chi connectivity index (χ1v) is 7.52. The molecule has 0 saturated carbocycles. The molecule has 5 nitrogen and oxygen atoms in total. The van der Waals surface area contributed by atoms with Crippen molar-refractivity contribution in [3.8, 4) is 5.88 Å². The third kappa shape index (κ3) is 3.60. The van der Waals surface area contributed by atoms with Crippen molar-refractivity contribution in [1.82, 2.24) is 9.97 Å². The highest BCUT2D eigenvalue weighted by Gasteiger charge is 2.10. The molecule has 122 valence electrons. The fourth-order valence-corrected chi connectivity index (χ4v) is 2.35. The van der Waals surface area contributed by atoms with E-state index in [1.54, 1.807) is 6.92 Å². The zero-order chi connectivity index (χ0) is 17.1. The van der Waals surface area contributed by atoms with Crippen LogP contribution in [0.25, 0.3) is 10.9 Å². The lowest BCUT2D eigenvalue weighted by atomic mass is 10.2. The first kappa shape index (κ1) is 16.1. The van der Waals surface area contributed by atoms with Crippen LogP contribution < -0.4 is 10.1 Å². The lowest BCUT2D eigenvalue weighted by molar-refractivity contribution is -0.118. The van der Waals surface area contributed by atoms with Crippen molar-refractivity contribution < 1.29 is 13.9 Å². The van der Waals surface area contributed by atoms with Gasteiger partial charge in [-0.1, -0.05) is 23.7 Å². The SMILES string of the molecule is Cc1nc(OCC(=O)Nc2ccc(F)c(Cl)c2)c2ccccc2n1. The van der Waals surface area contributed by atoms with Crippen molar-refractivity contribution in [2.75, 3.05) is 11.9 Å². The standard InChI is InChI=1S/C17H13ClFN3O2/c1-10-20-15-5-3-2-4-12(15)17(21-10)24-9-16(23)22-11-6-7-14(19)13(18)8-11/h2-8H,9H2,1H3,(H,22,23). The molecule has 0 bridgehead atoms. The summed E-state index contributed by atoms with van der Waals surface area (Å²) in [4.78, 5) is 20.5. The molecule has 0 aliphatic heterocycles. The summed E-state index contributed by atoms with van der Waals surface area (Å²) in [6, 6.07) is 11.3. The Morgan fingerprint density at radius 1 is 1.25 bits per heavy atom. The van der Waals surface area contributed by atoms with Crippen LogP contribution >= 0.6 is 11.6 Å². The number of aromatic nitrogens is 2. The van der Waals surface area contributed by atoms with E-state index in [0.717, 1.165) is 10.9 Å². The minimum absolute atomic E-state index is 0.0638. The number of fused-ring (bicyclic) bond motifs is 1. The molecule has 2 aromatic carbocycles. The van der Waals surface area contributed by atoms with Gasteiger partial charge in [0.2, 0.25) is 5.88 Å². The van der Waals surface area contributed by atoms with Crippen LogP contribution in [0.1, 0.15) is 5.82 Å². The number of benzene rings is 2. The number of amides is 1. The first-order chi connectivity index (χ1) is 11.5. The van der Waals surface area contributed by atoms with Crippen LogP contribution in [0.4, 0.5) is 10.1 Å². The van der Waals surface area contributed by atoms with Crippen LogP contribution in [-0.2, 0) is 4.79 Å². The number of carbonyl (C=O) groups excluding carboxylic acids is 1. The summed E-state index contributed by atoms with van der Waals surface area (Å²) in [5.41, 5.74) is 1.13. The van der Waals surface area contributed by atoms with E-state index in [4.69, 9.17) is 16.3 Å². The topological polar surface area (TPSA) is 64.1 Å². The molecule has 0 radical (unpaired) electrons. The number of ether oxygens (including phenoxy) is 1. The number of anilines is 1. The van der Waals surface area contributed by atoms with Crippen molar-refractivity contribution in [2.45, 2.75) is 6.92 Å². The maximum Gasteiger partial charge on any atom is 0.262 e. The Morgan fingerprint density at radius 3 is 2.83 bits per heavy atom. The Bertz CT molecular complexity index is 917. The molecule has 1 amide bonds. The van der Waals surface area contributed by atoms with E-state index < -0.39 is 11.7 Å². The summed E-state index contributed by atoms with van der Waals surface area (Å²) < 4.78 is 18.6. The Balaban J connectivity index is 1.71. The number of halogens is 2. The van der Waals surface area contributed by atoms with Gasteiger partial charge in [0.05, 0.1) is 15.9 Å². The molecule has 0 unspecified atom stereocenters. The quantitative estimate of drug-likeness (QED) is 0.782. The van der Waals surface area contributed by atoms with Crippen LogP contribution in [0, 0.1) is 12.7 Å². The van der Waals surface area contributed by atoms with Crippen molar-refractivity contribution in [3.63, 3.8) is 0 Å². The predicted molar refractivity (Wildman–Crippen MR) is 89.8 cm³/mol. The van der Waals surface area contributed by atoms with Crippen molar-refractivity contribution in [1.29, 1.82) is 0 Å². The molecule has 0 spiro atoms. The largest absolute Gasteiger partial charge is 0.467 e. The lowest BCUT2D eigenvalue weighted by Crippen LogP contribution is -2.20. The monoisotopic (exact) mass is 345 g/mol. The number of hydrogen-bond donors (Lipinski definition) is 1.